The third kappa shape index (κ3) is 2.15. The van der Waals surface area contributed by atoms with E-state index in [2.05, 4.69) is 33.1 Å². The molecule has 1 fully saturated rings. The molecule has 0 radical (unpaired) electrons. The summed E-state index contributed by atoms with van der Waals surface area (Å²) < 4.78 is 0. The number of nitrogens with zero attached hydrogens (tertiary/aromatic N) is 1. The van der Waals surface area contributed by atoms with Crippen molar-refractivity contribution < 1.29 is 0 Å². The average molecular weight is 252 g/mol. The van der Waals surface area contributed by atoms with Crippen molar-refractivity contribution in [3.63, 3.8) is 0 Å². The summed E-state index contributed by atoms with van der Waals surface area (Å²) in [5.74, 6) is 0.496. The molecule has 2 rings (SSSR count). The largest absolute Gasteiger partial charge is 0.319 e. The highest BCUT2D eigenvalue weighted by atomic mass is 32.1. The standard InChI is InChI=1S/C14H24N2S/c1-10(2)11-9-17-12(16-11)14(15)8-6-5-7-13(14,3)4/h9-10H,5-8,15H2,1-4H3. The van der Waals surface area contributed by atoms with E-state index in [-0.39, 0.29) is 11.0 Å². The molecule has 1 saturated carbocycles. The van der Waals surface area contributed by atoms with Crippen LogP contribution < -0.4 is 5.73 Å². The molecule has 0 saturated heterocycles. The zero-order valence-electron chi connectivity index (χ0n) is 11.4. The van der Waals surface area contributed by atoms with E-state index >= 15 is 0 Å². The Morgan fingerprint density at radius 2 is 1.94 bits per heavy atom. The van der Waals surface area contributed by atoms with Gasteiger partial charge in [0.15, 0.2) is 0 Å². The molecule has 1 aliphatic carbocycles. The minimum Gasteiger partial charge on any atom is -0.319 e. The highest BCUT2D eigenvalue weighted by Gasteiger charge is 2.46. The van der Waals surface area contributed by atoms with E-state index in [0.29, 0.717) is 5.92 Å². The van der Waals surface area contributed by atoms with Crippen LogP contribution in [0, 0.1) is 5.41 Å². The van der Waals surface area contributed by atoms with Crippen molar-refractivity contribution in [1.29, 1.82) is 0 Å². The van der Waals surface area contributed by atoms with Crippen molar-refractivity contribution in [2.45, 2.75) is 64.8 Å². The second-order valence-corrected chi connectivity index (χ2v) is 7.15. The second kappa shape index (κ2) is 4.36. The van der Waals surface area contributed by atoms with Crippen molar-refractivity contribution in [1.82, 2.24) is 4.98 Å². The van der Waals surface area contributed by atoms with E-state index in [0.717, 1.165) is 11.4 Å². The molecule has 0 aliphatic heterocycles. The van der Waals surface area contributed by atoms with Gasteiger partial charge in [0.05, 0.1) is 11.2 Å². The van der Waals surface area contributed by atoms with Crippen LogP contribution >= 0.6 is 11.3 Å². The molecule has 2 N–H and O–H groups in total. The number of nitrogens with two attached hydrogens (primary N) is 1. The highest BCUT2D eigenvalue weighted by Crippen LogP contribution is 2.49. The first-order valence-corrected chi connectivity index (χ1v) is 7.49. The van der Waals surface area contributed by atoms with Gasteiger partial charge in [0.2, 0.25) is 0 Å². The van der Waals surface area contributed by atoms with Crippen LogP contribution in [0.5, 0.6) is 0 Å². The lowest BCUT2D eigenvalue weighted by atomic mass is 9.64. The Morgan fingerprint density at radius 1 is 1.29 bits per heavy atom. The monoisotopic (exact) mass is 252 g/mol. The molecule has 1 unspecified atom stereocenters. The van der Waals surface area contributed by atoms with Crippen LogP contribution in [0.2, 0.25) is 0 Å². The lowest BCUT2D eigenvalue weighted by molar-refractivity contribution is 0.0974. The lowest BCUT2D eigenvalue weighted by Crippen LogP contribution is -2.51. The predicted molar refractivity (Wildman–Crippen MR) is 74.3 cm³/mol. The third-order valence-corrected chi connectivity index (χ3v) is 5.36. The number of hydrogen-bond acceptors (Lipinski definition) is 3. The van der Waals surface area contributed by atoms with E-state index in [1.54, 1.807) is 11.3 Å². The van der Waals surface area contributed by atoms with Crippen molar-refractivity contribution in [2.75, 3.05) is 0 Å². The quantitative estimate of drug-likeness (QED) is 0.863. The normalized spacial score (nSPS) is 28.6. The lowest BCUT2D eigenvalue weighted by Gasteiger charge is -2.46. The zero-order chi connectivity index (χ0) is 12.7. The Bertz CT molecular complexity index is 395. The van der Waals surface area contributed by atoms with E-state index < -0.39 is 0 Å². The number of thiazole rings is 1. The molecule has 1 heterocycles. The summed E-state index contributed by atoms with van der Waals surface area (Å²) in [7, 11) is 0. The number of rotatable bonds is 2. The summed E-state index contributed by atoms with van der Waals surface area (Å²) in [6.45, 7) is 8.97. The Balaban J connectivity index is 2.35. The van der Waals surface area contributed by atoms with Crippen LogP contribution in [0.25, 0.3) is 0 Å². The molecule has 1 aliphatic rings. The first kappa shape index (κ1) is 13.0. The molecule has 0 bridgehead atoms. The molecule has 1 aromatic rings. The minimum atomic E-state index is -0.219. The summed E-state index contributed by atoms with van der Waals surface area (Å²) >= 11 is 1.75. The summed E-state index contributed by atoms with van der Waals surface area (Å²) in [6.07, 6.45) is 4.82. The van der Waals surface area contributed by atoms with Gasteiger partial charge >= 0.3 is 0 Å². The van der Waals surface area contributed by atoms with Crippen LogP contribution in [0.1, 0.15) is 70.0 Å². The maximum atomic E-state index is 6.72. The summed E-state index contributed by atoms with van der Waals surface area (Å²) in [5.41, 5.74) is 7.86. The summed E-state index contributed by atoms with van der Waals surface area (Å²) in [4.78, 5) is 4.79. The van der Waals surface area contributed by atoms with E-state index in [1.807, 2.05) is 0 Å². The molecular formula is C14H24N2S. The first-order valence-electron chi connectivity index (χ1n) is 6.61. The van der Waals surface area contributed by atoms with Gasteiger partial charge in [0, 0.05) is 5.38 Å². The van der Waals surface area contributed by atoms with Crippen LogP contribution in [-0.4, -0.2) is 4.98 Å². The Kier molecular flexibility index (Phi) is 3.34. The number of aromatic nitrogens is 1. The van der Waals surface area contributed by atoms with Gasteiger partial charge in [-0.25, -0.2) is 4.98 Å². The van der Waals surface area contributed by atoms with Crippen LogP contribution in [0.4, 0.5) is 0 Å². The van der Waals surface area contributed by atoms with E-state index in [4.69, 9.17) is 10.7 Å². The van der Waals surface area contributed by atoms with Crippen LogP contribution in [0.15, 0.2) is 5.38 Å². The first-order chi connectivity index (χ1) is 7.87. The van der Waals surface area contributed by atoms with Gasteiger partial charge in [-0.15, -0.1) is 11.3 Å². The molecule has 1 aromatic heterocycles. The second-order valence-electron chi connectivity index (χ2n) is 6.29. The topological polar surface area (TPSA) is 38.9 Å². The SMILES string of the molecule is CC(C)c1csc(C2(N)CCCCC2(C)C)n1. The Hall–Kier alpha value is -0.410. The van der Waals surface area contributed by atoms with Gasteiger partial charge in [-0.3, -0.25) is 0 Å². The maximum absolute atomic E-state index is 6.72. The van der Waals surface area contributed by atoms with Crippen molar-refractivity contribution >= 4 is 11.3 Å². The van der Waals surface area contributed by atoms with Gasteiger partial charge in [-0.1, -0.05) is 40.5 Å². The molecule has 0 aromatic carbocycles. The van der Waals surface area contributed by atoms with Crippen molar-refractivity contribution in [2.24, 2.45) is 11.1 Å². The van der Waals surface area contributed by atoms with Crippen LogP contribution in [0.3, 0.4) is 0 Å². The third-order valence-electron chi connectivity index (χ3n) is 4.33. The molecule has 17 heavy (non-hydrogen) atoms. The van der Waals surface area contributed by atoms with Gasteiger partial charge in [-0.2, -0.15) is 0 Å². The molecule has 2 nitrogen and oxygen atoms in total. The van der Waals surface area contributed by atoms with E-state index in [9.17, 15) is 0 Å². The molecule has 0 amide bonds. The Labute approximate surface area is 109 Å². The molecule has 1 atom stereocenters. The van der Waals surface area contributed by atoms with Gasteiger partial charge in [0.25, 0.3) is 0 Å². The number of hydrogen-bond donors (Lipinski definition) is 1. The smallest absolute Gasteiger partial charge is 0.113 e. The minimum absolute atomic E-state index is 0.164. The van der Waals surface area contributed by atoms with Crippen LogP contribution in [-0.2, 0) is 5.54 Å². The fourth-order valence-electron chi connectivity index (χ4n) is 2.68. The Morgan fingerprint density at radius 3 is 2.47 bits per heavy atom. The molecule has 3 heteroatoms. The predicted octanol–water partition coefficient (Wildman–Crippen LogP) is 4.02. The summed E-state index contributed by atoms with van der Waals surface area (Å²) in [5, 5.41) is 3.32. The van der Waals surface area contributed by atoms with Gasteiger partial charge < -0.3 is 5.73 Å². The maximum Gasteiger partial charge on any atom is 0.113 e. The molecule has 0 spiro atoms. The highest BCUT2D eigenvalue weighted by molar-refractivity contribution is 7.09. The summed E-state index contributed by atoms with van der Waals surface area (Å²) in [6, 6.07) is 0. The van der Waals surface area contributed by atoms with E-state index in [1.165, 1.54) is 25.0 Å². The van der Waals surface area contributed by atoms with Crippen molar-refractivity contribution in [3.8, 4) is 0 Å². The fourth-order valence-corrected chi connectivity index (χ4v) is 3.99. The van der Waals surface area contributed by atoms with Gasteiger partial charge in [0.1, 0.15) is 5.01 Å². The van der Waals surface area contributed by atoms with Gasteiger partial charge in [-0.05, 0) is 24.2 Å². The fraction of sp³-hybridized carbons (Fsp3) is 0.786. The molecular weight excluding hydrogens is 228 g/mol. The average Bonchev–Trinajstić information content (AvgIpc) is 2.72. The zero-order valence-corrected chi connectivity index (χ0v) is 12.2. The molecule has 96 valence electrons. The van der Waals surface area contributed by atoms with Crippen molar-refractivity contribution in [3.05, 3.63) is 16.1 Å².